The summed E-state index contributed by atoms with van der Waals surface area (Å²) in [5, 5.41) is 4.29. The fourth-order valence-corrected chi connectivity index (χ4v) is 3.64. The Labute approximate surface area is 134 Å². The second kappa shape index (κ2) is 8.17. The summed E-state index contributed by atoms with van der Waals surface area (Å²) in [7, 11) is 2.03. The Balaban J connectivity index is 1.83. The standard InChI is InChI=1S/C18H29ClN2/c1-14(2)15-8-11-21(12-9-15)13-10-18(20-3)16-6-4-5-7-17(16)19/h4-7,14-15,18,20H,8-13H2,1-3H3. The highest BCUT2D eigenvalue weighted by atomic mass is 35.5. The quantitative estimate of drug-likeness (QED) is 0.840. The van der Waals surface area contributed by atoms with Crippen molar-refractivity contribution in [3.05, 3.63) is 34.9 Å². The molecule has 0 aliphatic carbocycles. The zero-order chi connectivity index (χ0) is 15.2. The van der Waals surface area contributed by atoms with Crippen LogP contribution in [-0.2, 0) is 0 Å². The molecule has 1 heterocycles. The molecule has 0 bridgehead atoms. The first-order valence-electron chi connectivity index (χ1n) is 8.26. The molecule has 0 saturated carbocycles. The summed E-state index contributed by atoms with van der Waals surface area (Å²) >= 11 is 6.32. The number of rotatable bonds is 6. The van der Waals surface area contributed by atoms with Gasteiger partial charge in [-0.15, -0.1) is 0 Å². The van der Waals surface area contributed by atoms with E-state index in [1.807, 2.05) is 19.2 Å². The lowest BCUT2D eigenvalue weighted by Crippen LogP contribution is -2.37. The fraction of sp³-hybridized carbons (Fsp3) is 0.667. The number of piperidine rings is 1. The van der Waals surface area contributed by atoms with Gasteiger partial charge in [0.15, 0.2) is 0 Å². The monoisotopic (exact) mass is 308 g/mol. The van der Waals surface area contributed by atoms with Gasteiger partial charge in [-0.25, -0.2) is 0 Å². The van der Waals surface area contributed by atoms with Gasteiger partial charge in [-0.3, -0.25) is 0 Å². The van der Waals surface area contributed by atoms with E-state index in [0.29, 0.717) is 6.04 Å². The van der Waals surface area contributed by atoms with E-state index in [4.69, 9.17) is 11.6 Å². The number of nitrogens with zero attached hydrogens (tertiary/aromatic N) is 1. The summed E-state index contributed by atoms with van der Waals surface area (Å²) in [6.45, 7) is 8.37. The van der Waals surface area contributed by atoms with Crippen LogP contribution < -0.4 is 5.32 Å². The van der Waals surface area contributed by atoms with E-state index in [2.05, 4.69) is 36.2 Å². The largest absolute Gasteiger partial charge is 0.313 e. The molecule has 0 aromatic heterocycles. The smallest absolute Gasteiger partial charge is 0.0453 e. The predicted octanol–water partition coefficient (Wildman–Crippen LogP) is 4.36. The van der Waals surface area contributed by atoms with Crippen LogP contribution in [0.1, 0.15) is 44.7 Å². The SMILES string of the molecule is CNC(CCN1CCC(C(C)C)CC1)c1ccccc1Cl. The van der Waals surface area contributed by atoms with E-state index in [1.165, 1.54) is 31.5 Å². The average Bonchev–Trinajstić information content (AvgIpc) is 2.50. The normalized spacial score (nSPS) is 19.1. The van der Waals surface area contributed by atoms with Gasteiger partial charge in [0.25, 0.3) is 0 Å². The Hall–Kier alpha value is -0.570. The second-order valence-corrected chi connectivity index (χ2v) is 6.98. The van der Waals surface area contributed by atoms with Crippen LogP contribution in [0.5, 0.6) is 0 Å². The molecule has 1 atom stereocenters. The van der Waals surface area contributed by atoms with Crippen LogP contribution in [0.2, 0.25) is 5.02 Å². The predicted molar refractivity (Wildman–Crippen MR) is 91.9 cm³/mol. The lowest BCUT2D eigenvalue weighted by atomic mass is 9.86. The fourth-order valence-electron chi connectivity index (χ4n) is 3.37. The van der Waals surface area contributed by atoms with E-state index in [1.54, 1.807) is 0 Å². The molecule has 0 spiro atoms. The third kappa shape index (κ3) is 4.70. The van der Waals surface area contributed by atoms with Crippen molar-refractivity contribution in [3.63, 3.8) is 0 Å². The Bertz CT molecular complexity index is 425. The molecule has 1 fully saturated rings. The maximum atomic E-state index is 6.32. The Morgan fingerprint density at radius 1 is 1.24 bits per heavy atom. The summed E-state index contributed by atoms with van der Waals surface area (Å²) < 4.78 is 0. The number of hydrogen-bond donors (Lipinski definition) is 1. The Kier molecular flexibility index (Phi) is 6.53. The molecule has 1 unspecified atom stereocenters. The van der Waals surface area contributed by atoms with Crippen molar-refractivity contribution in [2.45, 2.75) is 39.2 Å². The minimum atomic E-state index is 0.349. The maximum Gasteiger partial charge on any atom is 0.0453 e. The summed E-state index contributed by atoms with van der Waals surface area (Å²) in [6.07, 6.45) is 3.83. The molecule has 3 heteroatoms. The first kappa shape index (κ1) is 16.8. The first-order chi connectivity index (χ1) is 10.1. The van der Waals surface area contributed by atoms with Crippen LogP contribution >= 0.6 is 11.6 Å². The van der Waals surface area contributed by atoms with Crippen LogP contribution in [0.3, 0.4) is 0 Å². The third-order valence-electron chi connectivity index (χ3n) is 4.94. The zero-order valence-electron chi connectivity index (χ0n) is 13.6. The molecular weight excluding hydrogens is 280 g/mol. The number of likely N-dealkylation sites (tertiary alicyclic amines) is 1. The number of hydrogen-bond acceptors (Lipinski definition) is 2. The third-order valence-corrected chi connectivity index (χ3v) is 5.28. The summed E-state index contributed by atoms with van der Waals surface area (Å²) in [4.78, 5) is 2.61. The topological polar surface area (TPSA) is 15.3 Å². The molecule has 2 nitrogen and oxygen atoms in total. The van der Waals surface area contributed by atoms with E-state index in [0.717, 1.165) is 29.8 Å². The Morgan fingerprint density at radius 3 is 2.48 bits per heavy atom. The maximum absolute atomic E-state index is 6.32. The molecule has 1 N–H and O–H groups in total. The van der Waals surface area contributed by atoms with Crippen molar-refractivity contribution in [2.24, 2.45) is 11.8 Å². The average molecular weight is 309 g/mol. The van der Waals surface area contributed by atoms with E-state index in [-0.39, 0.29) is 0 Å². The lowest BCUT2D eigenvalue weighted by molar-refractivity contribution is 0.153. The molecule has 118 valence electrons. The minimum Gasteiger partial charge on any atom is -0.313 e. The van der Waals surface area contributed by atoms with Gasteiger partial charge in [-0.1, -0.05) is 43.6 Å². The van der Waals surface area contributed by atoms with Gasteiger partial charge in [0.1, 0.15) is 0 Å². The summed E-state index contributed by atoms with van der Waals surface area (Å²) in [5.74, 6) is 1.75. The second-order valence-electron chi connectivity index (χ2n) is 6.57. The molecule has 21 heavy (non-hydrogen) atoms. The van der Waals surface area contributed by atoms with Crippen LogP contribution in [0.15, 0.2) is 24.3 Å². The molecule has 1 aliphatic rings. The molecular formula is C18H29ClN2. The van der Waals surface area contributed by atoms with Gasteiger partial charge in [0.05, 0.1) is 0 Å². The number of nitrogens with one attached hydrogen (secondary N) is 1. The summed E-state index contributed by atoms with van der Waals surface area (Å²) in [6, 6.07) is 8.53. The van der Waals surface area contributed by atoms with Crippen LogP contribution in [0.25, 0.3) is 0 Å². The van der Waals surface area contributed by atoms with E-state index >= 15 is 0 Å². The highest BCUT2D eigenvalue weighted by molar-refractivity contribution is 6.31. The lowest BCUT2D eigenvalue weighted by Gasteiger charge is -2.34. The molecule has 1 aromatic rings. The van der Waals surface area contributed by atoms with Crippen LogP contribution in [0.4, 0.5) is 0 Å². The highest BCUT2D eigenvalue weighted by Crippen LogP contribution is 2.27. The minimum absolute atomic E-state index is 0.349. The van der Waals surface area contributed by atoms with Gasteiger partial charge >= 0.3 is 0 Å². The van der Waals surface area contributed by atoms with Gasteiger partial charge in [-0.2, -0.15) is 0 Å². The zero-order valence-corrected chi connectivity index (χ0v) is 14.4. The van der Waals surface area contributed by atoms with Crippen molar-refractivity contribution in [1.29, 1.82) is 0 Å². The molecule has 1 saturated heterocycles. The molecule has 1 aromatic carbocycles. The van der Waals surface area contributed by atoms with Crippen LogP contribution in [-0.4, -0.2) is 31.6 Å². The summed E-state index contributed by atoms with van der Waals surface area (Å²) in [5.41, 5.74) is 1.22. The van der Waals surface area contributed by atoms with Crippen molar-refractivity contribution in [3.8, 4) is 0 Å². The molecule has 0 amide bonds. The van der Waals surface area contributed by atoms with Gasteiger partial charge in [-0.05, 0) is 69.4 Å². The highest BCUT2D eigenvalue weighted by Gasteiger charge is 2.22. The van der Waals surface area contributed by atoms with E-state index < -0.39 is 0 Å². The molecule has 2 rings (SSSR count). The van der Waals surface area contributed by atoms with E-state index in [9.17, 15) is 0 Å². The molecule has 0 radical (unpaired) electrons. The number of halogens is 1. The van der Waals surface area contributed by atoms with Crippen molar-refractivity contribution in [2.75, 3.05) is 26.7 Å². The van der Waals surface area contributed by atoms with Gasteiger partial charge in [0.2, 0.25) is 0 Å². The molecule has 1 aliphatic heterocycles. The Morgan fingerprint density at radius 2 is 1.90 bits per heavy atom. The van der Waals surface area contributed by atoms with Crippen molar-refractivity contribution >= 4 is 11.6 Å². The first-order valence-corrected chi connectivity index (χ1v) is 8.63. The van der Waals surface area contributed by atoms with Crippen LogP contribution in [0, 0.1) is 11.8 Å². The van der Waals surface area contributed by atoms with Gasteiger partial charge in [0, 0.05) is 11.1 Å². The van der Waals surface area contributed by atoms with Crippen molar-refractivity contribution < 1.29 is 0 Å². The van der Waals surface area contributed by atoms with Gasteiger partial charge < -0.3 is 10.2 Å². The number of benzene rings is 1. The van der Waals surface area contributed by atoms with Crippen molar-refractivity contribution in [1.82, 2.24) is 10.2 Å².